The third-order valence-electron chi connectivity index (χ3n) is 4.46. The van der Waals surface area contributed by atoms with Crippen LogP contribution in [0.1, 0.15) is 51.0 Å². The lowest BCUT2D eigenvalue weighted by atomic mass is 9.85. The van der Waals surface area contributed by atoms with Crippen molar-refractivity contribution in [3.05, 3.63) is 30.1 Å². The summed E-state index contributed by atoms with van der Waals surface area (Å²) >= 11 is 0. The molecule has 0 aliphatic heterocycles. The van der Waals surface area contributed by atoms with Gasteiger partial charge in [-0.25, -0.2) is 0 Å². The first-order chi connectivity index (χ1) is 9.75. The van der Waals surface area contributed by atoms with Crippen LogP contribution in [-0.4, -0.2) is 28.8 Å². The summed E-state index contributed by atoms with van der Waals surface area (Å²) in [5, 5.41) is 13.7. The molecule has 3 heteroatoms. The molecular weight excluding hydrogens is 248 g/mol. The summed E-state index contributed by atoms with van der Waals surface area (Å²) in [7, 11) is 0. The van der Waals surface area contributed by atoms with E-state index in [1.54, 1.807) is 0 Å². The van der Waals surface area contributed by atoms with Gasteiger partial charge < -0.3 is 10.4 Å². The van der Waals surface area contributed by atoms with Crippen molar-refractivity contribution < 1.29 is 5.11 Å². The van der Waals surface area contributed by atoms with Gasteiger partial charge in [-0.15, -0.1) is 0 Å². The lowest BCUT2D eigenvalue weighted by Crippen LogP contribution is -2.38. The van der Waals surface area contributed by atoms with Gasteiger partial charge in [0.25, 0.3) is 0 Å². The van der Waals surface area contributed by atoms with Crippen molar-refractivity contribution in [2.24, 2.45) is 5.92 Å². The summed E-state index contributed by atoms with van der Waals surface area (Å²) in [4.78, 5) is 4.14. The third kappa shape index (κ3) is 5.22. The first kappa shape index (κ1) is 15.5. The minimum Gasteiger partial charge on any atom is -0.392 e. The molecule has 0 saturated heterocycles. The molecule has 2 unspecified atom stereocenters. The molecule has 1 aliphatic carbocycles. The highest BCUT2D eigenvalue weighted by Gasteiger charge is 2.21. The Balaban J connectivity index is 1.63. The van der Waals surface area contributed by atoms with Crippen molar-refractivity contribution in [1.82, 2.24) is 10.3 Å². The highest BCUT2D eigenvalue weighted by Crippen LogP contribution is 2.26. The Bertz CT molecular complexity index is 363. The van der Waals surface area contributed by atoms with Crippen LogP contribution in [0.15, 0.2) is 24.5 Å². The van der Waals surface area contributed by atoms with Gasteiger partial charge >= 0.3 is 0 Å². The molecule has 0 radical (unpaired) electrons. The molecule has 20 heavy (non-hydrogen) atoms. The Morgan fingerprint density at radius 2 is 2.15 bits per heavy atom. The zero-order valence-electron chi connectivity index (χ0n) is 12.6. The van der Waals surface area contributed by atoms with Gasteiger partial charge in [0.1, 0.15) is 0 Å². The summed E-state index contributed by atoms with van der Waals surface area (Å²) in [6, 6.07) is 4.55. The second kappa shape index (κ2) is 8.38. The van der Waals surface area contributed by atoms with E-state index in [2.05, 4.69) is 23.3 Å². The largest absolute Gasteiger partial charge is 0.392 e. The second-order valence-electron chi connectivity index (χ2n) is 6.17. The van der Waals surface area contributed by atoms with Crippen LogP contribution in [0, 0.1) is 5.92 Å². The molecule has 112 valence electrons. The Morgan fingerprint density at radius 1 is 1.35 bits per heavy atom. The molecule has 1 aromatic rings. The van der Waals surface area contributed by atoms with Crippen LogP contribution in [0.2, 0.25) is 0 Å². The third-order valence-corrected chi connectivity index (χ3v) is 4.46. The van der Waals surface area contributed by atoms with E-state index in [0.717, 1.165) is 19.4 Å². The number of nitrogens with zero attached hydrogens (tertiary/aromatic N) is 1. The summed E-state index contributed by atoms with van der Waals surface area (Å²) in [6.45, 7) is 2.93. The van der Waals surface area contributed by atoms with Gasteiger partial charge in [-0.2, -0.15) is 0 Å². The van der Waals surface area contributed by atoms with E-state index < -0.39 is 0 Å². The molecule has 2 N–H and O–H groups in total. The molecule has 0 spiro atoms. The van der Waals surface area contributed by atoms with Crippen molar-refractivity contribution in [3.63, 3.8) is 0 Å². The molecule has 0 aromatic carbocycles. The molecule has 1 fully saturated rings. The first-order valence-electron chi connectivity index (χ1n) is 8.06. The Kier molecular flexibility index (Phi) is 6.48. The number of hydrogen-bond donors (Lipinski definition) is 2. The molecule has 2 atom stereocenters. The van der Waals surface area contributed by atoms with Crippen LogP contribution in [0.5, 0.6) is 0 Å². The van der Waals surface area contributed by atoms with E-state index in [0.29, 0.717) is 12.0 Å². The van der Waals surface area contributed by atoms with Crippen LogP contribution in [0.25, 0.3) is 0 Å². The highest BCUT2D eigenvalue weighted by molar-refractivity contribution is 5.08. The number of pyridine rings is 1. The van der Waals surface area contributed by atoms with Gasteiger partial charge in [-0.1, -0.05) is 25.3 Å². The van der Waals surface area contributed by atoms with E-state index in [1.165, 1.54) is 37.7 Å². The number of aliphatic hydroxyl groups is 1. The lowest BCUT2D eigenvalue weighted by Gasteiger charge is -2.27. The minimum atomic E-state index is -0.170. The fourth-order valence-corrected chi connectivity index (χ4v) is 3.04. The Morgan fingerprint density at radius 3 is 2.85 bits per heavy atom. The smallest absolute Gasteiger partial charge is 0.0692 e. The SMILES string of the molecule is CC(CCc1cccnc1)NCC(O)C1CCCCC1. The average Bonchev–Trinajstić information content (AvgIpc) is 2.52. The fraction of sp³-hybridized carbons (Fsp3) is 0.706. The van der Waals surface area contributed by atoms with Crippen molar-refractivity contribution in [3.8, 4) is 0 Å². The zero-order valence-corrected chi connectivity index (χ0v) is 12.6. The maximum atomic E-state index is 10.2. The van der Waals surface area contributed by atoms with Crippen molar-refractivity contribution in [1.29, 1.82) is 0 Å². The number of hydrogen-bond acceptors (Lipinski definition) is 3. The summed E-state index contributed by atoms with van der Waals surface area (Å²) < 4.78 is 0. The van der Waals surface area contributed by atoms with Gasteiger partial charge in [-0.05, 0) is 50.2 Å². The molecule has 3 nitrogen and oxygen atoms in total. The predicted molar refractivity (Wildman–Crippen MR) is 82.6 cm³/mol. The summed E-state index contributed by atoms with van der Waals surface area (Å²) in [5.41, 5.74) is 1.29. The zero-order chi connectivity index (χ0) is 14.2. The van der Waals surface area contributed by atoms with E-state index in [9.17, 15) is 5.11 Å². The second-order valence-corrected chi connectivity index (χ2v) is 6.17. The normalized spacial score (nSPS) is 19.7. The van der Waals surface area contributed by atoms with Crippen LogP contribution < -0.4 is 5.32 Å². The number of rotatable bonds is 7. The van der Waals surface area contributed by atoms with Gasteiger partial charge in [0, 0.05) is 25.0 Å². The standard InChI is InChI=1S/C17H28N2O/c1-14(9-10-15-6-5-11-18-12-15)19-13-17(20)16-7-3-2-4-8-16/h5-6,11-12,14,16-17,19-20H,2-4,7-10,13H2,1H3. The minimum absolute atomic E-state index is 0.170. The van der Waals surface area contributed by atoms with Crippen molar-refractivity contribution >= 4 is 0 Å². The van der Waals surface area contributed by atoms with E-state index in [1.807, 2.05) is 18.5 Å². The van der Waals surface area contributed by atoms with Crippen LogP contribution in [0.3, 0.4) is 0 Å². The number of aromatic nitrogens is 1. The maximum absolute atomic E-state index is 10.2. The molecule has 0 amide bonds. The molecule has 1 aliphatic rings. The first-order valence-corrected chi connectivity index (χ1v) is 8.06. The van der Waals surface area contributed by atoms with Gasteiger partial charge in [-0.3, -0.25) is 4.98 Å². The number of aryl methyl sites for hydroxylation is 1. The number of nitrogens with one attached hydrogen (secondary N) is 1. The molecule has 1 aromatic heterocycles. The molecule has 1 heterocycles. The monoisotopic (exact) mass is 276 g/mol. The van der Waals surface area contributed by atoms with E-state index >= 15 is 0 Å². The van der Waals surface area contributed by atoms with Gasteiger partial charge in [0.15, 0.2) is 0 Å². The Hall–Kier alpha value is -0.930. The Labute approximate surface area is 122 Å². The summed E-state index contributed by atoms with van der Waals surface area (Å²) in [6.07, 6.45) is 12.0. The van der Waals surface area contributed by atoms with Gasteiger partial charge in [0.05, 0.1) is 6.10 Å². The van der Waals surface area contributed by atoms with Crippen molar-refractivity contribution in [2.45, 2.75) is 64.0 Å². The van der Waals surface area contributed by atoms with E-state index in [4.69, 9.17) is 0 Å². The lowest BCUT2D eigenvalue weighted by molar-refractivity contribution is 0.0816. The van der Waals surface area contributed by atoms with Crippen LogP contribution >= 0.6 is 0 Å². The maximum Gasteiger partial charge on any atom is 0.0692 e. The fourth-order valence-electron chi connectivity index (χ4n) is 3.04. The highest BCUT2D eigenvalue weighted by atomic mass is 16.3. The van der Waals surface area contributed by atoms with E-state index in [-0.39, 0.29) is 6.10 Å². The van der Waals surface area contributed by atoms with Crippen molar-refractivity contribution in [2.75, 3.05) is 6.54 Å². The molecular formula is C17H28N2O. The summed E-state index contributed by atoms with van der Waals surface area (Å²) in [5.74, 6) is 0.516. The molecule has 0 bridgehead atoms. The molecule has 2 rings (SSSR count). The average molecular weight is 276 g/mol. The quantitative estimate of drug-likeness (QED) is 0.805. The van der Waals surface area contributed by atoms with Crippen LogP contribution in [0.4, 0.5) is 0 Å². The number of aliphatic hydroxyl groups excluding tert-OH is 1. The van der Waals surface area contributed by atoms with Crippen LogP contribution in [-0.2, 0) is 6.42 Å². The molecule has 1 saturated carbocycles. The van der Waals surface area contributed by atoms with Gasteiger partial charge in [0.2, 0.25) is 0 Å². The topological polar surface area (TPSA) is 45.2 Å². The predicted octanol–water partition coefficient (Wildman–Crippen LogP) is 2.93.